The number of carbonyl (C=O) groups is 2. The Morgan fingerprint density at radius 2 is 0.730 bits per heavy atom. The fraction of sp³-hybridized carbons (Fsp3) is 0.941. The van der Waals surface area contributed by atoms with Gasteiger partial charge in [0.1, 0.15) is 0 Å². The van der Waals surface area contributed by atoms with Gasteiger partial charge in [-0.3, -0.25) is 9.59 Å². The molecule has 0 saturated carbocycles. The topological polar surface area (TPSA) is 43.4 Å². The molecule has 0 aromatic rings. The Morgan fingerprint density at radius 1 is 0.432 bits per heavy atom. The Balaban J connectivity index is 4.35. The molecule has 0 aliphatic carbocycles. The van der Waals surface area contributed by atoms with Crippen LogP contribution in [0.5, 0.6) is 0 Å². The van der Waals surface area contributed by atoms with Crippen molar-refractivity contribution < 1.29 is 14.3 Å². The molecule has 37 heavy (non-hydrogen) atoms. The van der Waals surface area contributed by atoms with Gasteiger partial charge in [-0.25, -0.2) is 0 Å². The van der Waals surface area contributed by atoms with E-state index in [1.165, 1.54) is 128 Å². The molecule has 0 bridgehead atoms. The highest BCUT2D eigenvalue weighted by Crippen LogP contribution is 2.22. The summed E-state index contributed by atoms with van der Waals surface area (Å²) in [6.07, 6.45) is 31.6. The van der Waals surface area contributed by atoms with Crippen LogP contribution in [0.25, 0.3) is 0 Å². The standard InChI is InChI=1S/C34H66O3/c1-5-8-11-14-17-18-21-24-27-30-32(29-26-23-20-16-13-10-7-3)34(36)37-33(35)31(4)28-25-22-19-15-12-9-6-2/h31-32H,5-30H2,1-4H3. The van der Waals surface area contributed by atoms with Crippen molar-refractivity contribution in [1.29, 1.82) is 0 Å². The third kappa shape index (κ3) is 24.0. The molecule has 220 valence electrons. The van der Waals surface area contributed by atoms with Crippen molar-refractivity contribution in [2.24, 2.45) is 11.8 Å². The normalized spacial score (nSPS) is 13.0. The van der Waals surface area contributed by atoms with Crippen molar-refractivity contribution in [2.75, 3.05) is 0 Å². The molecule has 0 radical (unpaired) electrons. The first kappa shape index (κ1) is 36.1. The summed E-state index contributed by atoms with van der Waals surface area (Å²) in [6, 6.07) is 0. The highest BCUT2D eigenvalue weighted by Gasteiger charge is 2.24. The number of unbranched alkanes of at least 4 members (excludes halogenated alkanes) is 20. The van der Waals surface area contributed by atoms with Crippen LogP contribution < -0.4 is 0 Å². The number of carbonyl (C=O) groups excluding carboxylic acids is 2. The maximum absolute atomic E-state index is 13.0. The van der Waals surface area contributed by atoms with E-state index in [0.29, 0.717) is 0 Å². The molecule has 0 amide bonds. The van der Waals surface area contributed by atoms with Crippen LogP contribution in [0.1, 0.15) is 195 Å². The second-order valence-electron chi connectivity index (χ2n) is 11.8. The lowest BCUT2D eigenvalue weighted by Gasteiger charge is -2.17. The van der Waals surface area contributed by atoms with E-state index in [0.717, 1.165) is 38.5 Å². The van der Waals surface area contributed by atoms with E-state index in [-0.39, 0.29) is 23.8 Å². The second kappa shape index (κ2) is 28.2. The molecule has 0 rings (SSSR count). The Kier molecular flexibility index (Phi) is 27.5. The molecule has 0 spiro atoms. The van der Waals surface area contributed by atoms with E-state index in [2.05, 4.69) is 20.8 Å². The van der Waals surface area contributed by atoms with Crippen molar-refractivity contribution in [3.63, 3.8) is 0 Å². The summed E-state index contributed by atoms with van der Waals surface area (Å²) in [6.45, 7) is 8.68. The molecule has 2 atom stereocenters. The molecule has 0 heterocycles. The molecule has 3 heteroatoms. The maximum Gasteiger partial charge on any atom is 0.316 e. The summed E-state index contributed by atoms with van der Waals surface area (Å²) in [7, 11) is 0. The lowest BCUT2D eigenvalue weighted by atomic mass is 9.94. The predicted octanol–water partition coefficient (Wildman–Crippen LogP) is 11.5. The van der Waals surface area contributed by atoms with Gasteiger partial charge in [-0.2, -0.15) is 0 Å². The first-order valence-electron chi connectivity index (χ1n) is 16.8. The van der Waals surface area contributed by atoms with Crippen LogP contribution >= 0.6 is 0 Å². The van der Waals surface area contributed by atoms with E-state index in [9.17, 15) is 9.59 Å². The zero-order chi connectivity index (χ0) is 27.4. The van der Waals surface area contributed by atoms with Crippen molar-refractivity contribution in [3.05, 3.63) is 0 Å². The first-order valence-corrected chi connectivity index (χ1v) is 16.8. The molecule has 0 saturated heterocycles. The van der Waals surface area contributed by atoms with Crippen molar-refractivity contribution >= 4 is 11.9 Å². The molecule has 0 aromatic carbocycles. The Hall–Kier alpha value is -0.860. The monoisotopic (exact) mass is 523 g/mol. The van der Waals surface area contributed by atoms with Gasteiger partial charge in [-0.15, -0.1) is 0 Å². The van der Waals surface area contributed by atoms with Crippen LogP contribution in [0.2, 0.25) is 0 Å². The number of hydrogen-bond acceptors (Lipinski definition) is 3. The highest BCUT2D eigenvalue weighted by molar-refractivity contribution is 5.87. The van der Waals surface area contributed by atoms with E-state index >= 15 is 0 Å². The van der Waals surface area contributed by atoms with Gasteiger partial charge in [0, 0.05) is 0 Å². The average molecular weight is 523 g/mol. The fourth-order valence-corrected chi connectivity index (χ4v) is 5.24. The van der Waals surface area contributed by atoms with Crippen molar-refractivity contribution in [2.45, 2.75) is 195 Å². The second-order valence-corrected chi connectivity index (χ2v) is 11.8. The number of esters is 2. The molecule has 0 aliphatic rings. The van der Waals surface area contributed by atoms with Gasteiger partial charge >= 0.3 is 11.9 Å². The number of rotatable bonds is 28. The summed E-state index contributed by atoms with van der Waals surface area (Å²) >= 11 is 0. The lowest BCUT2D eigenvalue weighted by Crippen LogP contribution is -2.25. The zero-order valence-electron chi connectivity index (χ0n) is 25.8. The minimum atomic E-state index is -0.298. The van der Waals surface area contributed by atoms with Crippen LogP contribution in [0.3, 0.4) is 0 Å². The molecule has 2 unspecified atom stereocenters. The summed E-state index contributed by atoms with van der Waals surface area (Å²) in [5.74, 6) is -0.823. The predicted molar refractivity (Wildman–Crippen MR) is 161 cm³/mol. The molecular formula is C34H66O3. The van der Waals surface area contributed by atoms with Crippen LogP contribution in [0.4, 0.5) is 0 Å². The molecule has 0 aromatic heterocycles. The summed E-state index contributed by atoms with van der Waals surface area (Å²) in [5, 5.41) is 0. The van der Waals surface area contributed by atoms with Gasteiger partial charge in [0.2, 0.25) is 0 Å². The largest absolute Gasteiger partial charge is 0.393 e. The van der Waals surface area contributed by atoms with E-state index in [4.69, 9.17) is 4.74 Å². The van der Waals surface area contributed by atoms with Crippen LogP contribution in [-0.4, -0.2) is 11.9 Å². The SMILES string of the molecule is CCCCCCCCCCCC(CCCCCCCCC)C(=O)OC(=O)C(C)CCCCCCCCC. The summed E-state index contributed by atoms with van der Waals surface area (Å²) < 4.78 is 5.45. The Labute approximate surface area is 232 Å². The van der Waals surface area contributed by atoms with Gasteiger partial charge in [0.25, 0.3) is 0 Å². The molecule has 3 nitrogen and oxygen atoms in total. The van der Waals surface area contributed by atoms with E-state index in [1.807, 2.05) is 6.92 Å². The quantitative estimate of drug-likeness (QED) is 0.0583. The van der Waals surface area contributed by atoms with Gasteiger partial charge in [0.15, 0.2) is 0 Å². The smallest absolute Gasteiger partial charge is 0.316 e. The Bertz CT molecular complexity index is 501. The third-order valence-corrected chi connectivity index (χ3v) is 7.99. The van der Waals surface area contributed by atoms with Crippen LogP contribution in [0, 0.1) is 11.8 Å². The van der Waals surface area contributed by atoms with Crippen molar-refractivity contribution in [1.82, 2.24) is 0 Å². The molecule has 0 fully saturated rings. The minimum absolute atomic E-state index is 0.102. The Morgan fingerprint density at radius 3 is 1.08 bits per heavy atom. The van der Waals surface area contributed by atoms with E-state index in [1.54, 1.807) is 0 Å². The summed E-state index contributed by atoms with van der Waals surface area (Å²) in [4.78, 5) is 25.6. The number of ether oxygens (including phenoxy) is 1. The van der Waals surface area contributed by atoms with Crippen LogP contribution in [0.15, 0.2) is 0 Å². The van der Waals surface area contributed by atoms with Gasteiger partial charge < -0.3 is 4.74 Å². The highest BCUT2D eigenvalue weighted by atomic mass is 16.6. The molecular weight excluding hydrogens is 456 g/mol. The molecule has 0 aliphatic heterocycles. The van der Waals surface area contributed by atoms with E-state index < -0.39 is 0 Å². The fourth-order valence-electron chi connectivity index (χ4n) is 5.24. The van der Waals surface area contributed by atoms with Crippen molar-refractivity contribution in [3.8, 4) is 0 Å². The summed E-state index contributed by atoms with van der Waals surface area (Å²) in [5.41, 5.74) is 0. The van der Waals surface area contributed by atoms with Gasteiger partial charge in [-0.05, 0) is 19.3 Å². The maximum atomic E-state index is 13.0. The number of hydrogen-bond donors (Lipinski definition) is 0. The zero-order valence-corrected chi connectivity index (χ0v) is 25.8. The average Bonchev–Trinajstić information content (AvgIpc) is 2.89. The van der Waals surface area contributed by atoms with Gasteiger partial charge in [0.05, 0.1) is 11.8 Å². The third-order valence-electron chi connectivity index (χ3n) is 7.99. The first-order chi connectivity index (χ1) is 18.1. The molecule has 0 N–H and O–H groups in total. The van der Waals surface area contributed by atoms with Gasteiger partial charge in [-0.1, -0.05) is 175 Å². The van der Waals surface area contributed by atoms with Crippen LogP contribution in [-0.2, 0) is 14.3 Å². The minimum Gasteiger partial charge on any atom is -0.393 e. The lowest BCUT2D eigenvalue weighted by molar-refractivity contribution is -0.165.